The van der Waals surface area contributed by atoms with E-state index in [1.165, 1.54) is 24.0 Å². The quantitative estimate of drug-likeness (QED) is 0.907. The Morgan fingerprint density at radius 1 is 1.32 bits per heavy atom. The second-order valence-electron chi connectivity index (χ2n) is 5.63. The molecule has 0 saturated carbocycles. The second-order valence-corrected chi connectivity index (χ2v) is 5.63. The van der Waals surface area contributed by atoms with E-state index >= 15 is 0 Å². The van der Waals surface area contributed by atoms with Crippen LogP contribution in [0.25, 0.3) is 0 Å². The number of piperidine rings is 1. The van der Waals surface area contributed by atoms with Crippen LogP contribution in [0, 0.1) is 0 Å². The molecule has 2 aliphatic rings. The summed E-state index contributed by atoms with van der Waals surface area (Å²) in [5, 5.41) is 3.47. The maximum atomic E-state index is 5.97. The van der Waals surface area contributed by atoms with Crippen molar-refractivity contribution in [2.45, 2.75) is 37.7 Å². The third kappa shape index (κ3) is 2.15. The Morgan fingerprint density at radius 3 is 2.79 bits per heavy atom. The van der Waals surface area contributed by atoms with Crippen molar-refractivity contribution in [3.8, 4) is 5.75 Å². The van der Waals surface area contributed by atoms with Gasteiger partial charge in [0.25, 0.3) is 0 Å². The number of ether oxygens (including phenoxy) is 2. The standard InChI is InChI=1S/C16H23NO2/c1-3-19-15-11-16(6-8-17-9-7-16)14-10-12(18-2)4-5-13(14)15/h4-5,10,15,17H,3,6-9,11H2,1-2H3. The van der Waals surface area contributed by atoms with E-state index in [1.807, 2.05) is 0 Å². The molecule has 1 saturated heterocycles. The Hall–Kier alpha value is -1.06. The molecule has 3 nitrogen and oxygen atoms in total. The number of nitrogens with one attached hydrogen (secondary N) is 1. The summed E-state index contributed by atoms with van der Waals surface area (Å²) < 4.78 is 11.4. The molecule has 1 N–H and O–H groups in total. The lowest BCUT2D eigenvalue weighted by atomic mass is 9.74. The van der Waals surface area contributed by atoms with Crippen LogP contribution in [0.5, 0.6) is 5.75 Å². The molecular formula is C16H23NO2. The van der Waals surface area contributed by atoms with E-state index in [2.05, 4.69) is 30.4 Å². The normalized spacial score (nSPS) is 24.4. The average molecular weight is 261 g/mol. The Morgan fingerprint density at radius 2 is 2.11 bits per heavy atom. The Kier molecular flexibility index (Phi) is 3.50. The highest BCUT2D eigenvalue weighted by Gasteiger charge is 2.44. The molecule has 0 bridgehead atoms. The molecule has 1 unspecified atom stereocenters. The molecule has 19 heavy (non-hydrogen) atoms. The maximum Gasteiger partial charge on any atom is 0.119 e. The topological polar surface area (TPSA) is 30.5 Å². The third-order valence-corrected chi connectivity index (χ3v) is 4.68. The summed E-state index contributed by atoms with van der Waals surface area (Å²) in [4.78, 5) is 0. The van der Waals surface area contributed by atoms with Crippen LogP contribution in [0.4, 0.5) is 0 Å². The van der Waals surface area contributed by atoms with Crippen LogP contribution in [0.2, 0.25) is 0 Å². The molecule has 1 heterocycles. The van der Waals surface area contributed by atoms with E-state index in [0.29, 0.717) is 5.41 Å². The van der Waals surface area contributed by atoms with Gasteiger partial charge < -0.3 is 14.8 Å². The van der Waals surface area contributed by atoms with Gasteiger partial charge in [0, 0.05) is 12.0 Å². The molecule has 1 fully saturated rings. The summed E-state index contributed by atoms with van der Waals surface area (Å²) in [6, 6.07) is 6.50. The summed E-state index contributed by atoms with van der Waals surface area (Å²) in [6.45, 7) is 5.08. The zero-order valence-corrected chi connectivity index (χ0v) is 11.9. The van der Waals surface area contributed by atoms with Crippen molar-refractivity contribution in [2.75, 3.05) is 26.8 Å². The fourth-order valence-electron chi connectivity index (χ4n) is 3.71. The number of methoxy groups -OCH3 is 1. The lowest BCUT2D eigenvalue weighted by Crippen LogP contribution is -2.38. The maximum absolute atomic E-state index is 5.97. The van der Waals surface area contributed by atoms with Crippen molar-refractivity contribution in [3.05, 3.63) is 29.3 Å². The van der Waals surface area contributed by atoms with Gasteiger partial charge >= 0.3 is 0 Å². The van der Waals surface area contributed by atoms with E-state index in [-0.39, 0.29) is 6.10 Å². The highest BCUT2D eigenvalue weighted by Crippen LogP contribution is 2.52. The van der Waals surface area contributed by atoms with Gasteiger partial charge in [0.1, 0.15) is 5.75 Å². The summed E-state index contributed by atoms with van der Waals surface area (Å²) >= 11 is 0. The fourth-order valence-corrected chi connectivity index (χ4v) is 3.71. The SMILES string of the molecule is CCOC1CC2(CCNCC2)c2cc(OC)ccc21. The summed E-state index contributed by atoms with van der Waals surface area (Å²) in [7, 11) is 1.74. The van der Waals surface area contributed by atoms with Crippen LogP contribution in [0.15, 0.2) is 18.2 Å². The Bertz CT molecular complexity index is 452. The summed E-state index contributed by atoms with van der Waals surface area (Å²) in [5.41, 5.74) is 3.14. The lowest BCUT2D eigenvalue weighted by Gasteiger charge is -2.35. The second kappa shape index (κ2) is 5.14. The van der Waals surface area contributed by atoms with Crippen molar-refractivity contribution in [1.29, 1.82) is 0 Å². The fraction of sp³-hybridized carbons (Fsp3) is 0.625. The molecule has 1 aromatic carbocycles. The summed E-state index contributed by atoms with van der Waals surface area (Å²) in [6.07, 6.45) is 3.81. The van der Waals surface area contributed by atoms with E-state index in [4.69, 9.17) is 9.47 Å². The Labute approximate surface area is 115 Å². The molecule has 3 rings (SSSR count). The first-order chi connectivity index (χ1) is 9.29. The first-order valence-corrected chi connectivity index (χ1v) is 7.30. The minimum atomic E-state index is 0.268. The van der Waals surface area contributed by atoms with Crippen LogP contribution in [-0.4, -0.2) is 26.8 Å². The smallest absolute Gasteiger partial charge is 0.119 e. The van der Waals surface area contributed by atoms with E-state index in [0.717, 1.165) is 31.9 Å². The van der Waals surface area contributed by atoms with E-state index < -0.39 is 0 Å². The predicted molar refractivity (Wildman–Crippen MR) is 75.8 cm³/mol. The van der Waals surface area contributed by atoms with E-state index in [9.17, 15) is 0 Å². The van der Waals surface area contributed by atoms with Crippen molar-refractivity contribution in [3.63, 3.8) is 0 Å². The van der Waals surface area contributed by atoms with E-state index in [1.54, 1.807) is 7.11 Å². The van der Waals surface area contributed by atoms with Gasteiger partial charge in [-0.2, -0.15) is 0 Å². The molecule has 1 aromatic rings. The largest absolute Gasteiger partial charge is 0.497 e. The van der Waals surface area contributed by atoms with Crippen LogP contribution < -0.4 is 10.1 Å². The van der Waals surface area contributed by atoms with Gasteiger partial charge in [-0.3, -0.25) is 0 Å². The molecule has 1 atom stereocenters. The van der Waals surface area contributed by atoms with Gasteiger partial charge in [-0.05, 0) is 62.5 Å². The van der Waals surface area contributed by atoms with Crippen molar-refractivity contribution >= 4 is 0 Å². The molecule has 0 aromatic heterocycles. The van der Waals surface area contributed by atoms with Gasteiger partial charge in [0.05, 0.1) is 13.2 Å². The van der Waals surface area contributed by atoms with Crippen LogP contribution >= 0.6 is 0 Å². The molecule has 1 spiro atoms. The van der Waals surface area contributed by atoms with Gasteiger partial charge in [-0.25, -0.2) is 0 Å². The molecule has 1 aliphatic heterocycles. The number of hydrogen-bond acceptors (Lipinski definition) is 3. The zero-order chi connectivity index (χ0) is 13.3. The van der Waals surface area contributed by atoms with Crippen molar-refractivity contribution < 1.29 is 9.47 Å². The predicted octanol–water partition coefficient (Wildman–Crippen LogP) is 2.80. The van der Waals surface area contributed by atoms with Crippen molar-refractivity contribution in [2.24, 2.45) is 0 Å². The van der Waals surface area contributed by atoms with Gasteiger partial charge in [-0.15, -0.1) is 0 Å². The number of benzene rings is 1. The third-order valence-electron chi connectivity index (χ3n) is 4.68. The van der Waals surface area contributed by atoms with Crippen molar-refractivity contribution in [1.82, 2.24) is 5.32 Å². The van der Waals surface area contributed by atoms with Gasteiger partial charge in [0.15, 0.2) is 0 Å². The average Bonchev–Trinajstić information content (AvgIpc) is 2.74. The zero-order valence-electron chi connectivity index (χ0n) is 11.9. The minimum Gasteiger partial charge on any atom is -0.497 e. The molecule has 1 aliphatic carbocycles. The molecule has 104 valence electrons. The van der Waals surface area contributed by atoms with Crippen LogP contribution in [-0.2, 0) is 10.2 Å². The monoisotopic (exact) mass is 261 g/mol. The van der Waals surface area contributed by atoms with Gasteiger partial charge in [-0.1, -0.05) is 6.07 Å². The van der Waals surface area contributed by atoms with Crippen LogP contribution in [0.3, 0.4) is 0 Å². The first kappa shape index (κ1) is 12.9. The highest BCUT2D eigenvalue weighted by molar-refractivity contribution is 5.46. The molecule has 0 radical (unpaired) electrons. The molecular weight excluding hydrogens is 238 g/mol. The number of hydrogen-bond donors (Lipinski definition) is 1. The number of rotatable bonds is 3. The minimum absolute atomic E-state index is 0.268. The Balaban J connectivity index is 2.01. The molecule has 0 amide bonds. The van der Waals surface area contributed by atoms with Gasteiger partial charge in [0.2, 0.25) is 0 Å². The van der Waals surface area contributed by atoms with Crippen LogP contribution in [0.1, 0.15) is 43.4 Å². The molecule has 3 heteroatoms. The first-order valence-electron chi connectivity index (χ1n) is 7.30. The number of fused-ring (bicyclic) bond motifs is 2. The summed E-state index contributed by atoms with van der Waals surface area (Å²) in [5.74, 6) is 0.966. The highest BCUT2D eigenvalue weighted by atomic mass is 16.5. The lowest BCUT2D eigenvalue weighted by molar-refractivity contribution is 0.0474.